The summed E-state index contributed by atoms with van der Waals surface area (Å²) in [7, 11) is 1.56. The van der Waals surface area contributed by atoms with E-state index in [1.165, 1.54) is 18.2 Å². The summed E-state index contributed by atoms with van der Waals surface area (Å²) in [5.41, 5.74) is 0. The van der Waals surface area contributed by atoms with Gasteiger partial charge in [-0.1, -0.05) is 0 Å². The van der Waals surface area contributed by atoms with Crippen LogP contribution in [0.25, 0.3) is 0 Å². The summed E-state index contributed by atoms with van der Waals surface area (Å²) in [5, 5.41) is 2.66. The summed E-state index contributed by atoms with van der Waals surface area (Å²) in [5.74, 6) is -0.194. The molecular weight excluding hydrogens is 305 g/mol. The fraction of sp³-hybridized carbons (Fsp3) is 0.417. The van der Waals surface area contributed by atoms with E-state index in [2.05, 4.69) is 21.2 Å². The molecule has 1 amide bonds. The Hall–Kier alpha value is -1.14. The van der Waals surface area contributed by atoms with E-state index in [0.717, 1.165) is 0 Å². The molecule has 0 heterocycles. The van der Waals surface area contributed by atoms with Gasteiger partial charge in [0.15, 0.2) is 6.10 Å². The molecule has 0 aliphatic rings. The average Bonchev–Trinajstić information content (AvgIpc) is 2.32. The minimum atomic E-state index is -0.663. The standard InChI is InChI=1S/C12H15BrFNO3/c1-8(12(16)15-5-6-17-2)18-11-4-3-9(14)7-10(11)13/h3-4,7-8H,5-6H2,1-2H3,(H,15,16)/t8-/m0/s1. The second kappa shape index (κ2) is 7.33. The van der Waals surface area contributed by atoms with Gasteiger partial charge >= 0.3 is 0 Å². The quantitative estimate of drug-likeness (QED) is 0.817. The lowest BCUT2D eigenvalue weighted by Crippen LogP contribution is -2.37. The molecular formula is C12H15BrFNO3. The van der Waals surface area contributed by atoms with E-state index >= 15 is 0 Å². The van der Waals surface area contributed by atoms with Crippen molar-refractivity contribution in [1.82, 2.24) is 5.32 Å². The van der Waals surface area contributed by atoms with Crippen LogP contribution in [0.15, 0.2) is 22.7 Å². The Bertz CT molecular complexity index is 414. The van der Waals surface area contributed by atoms with Crippen molar-refractivity contribution in [2.24, 2.45) is 0 Å². The van der Waals surface area contributed by atoms with Gasteiger partial charge in [0, 0.05) is 13.7 Å². The van der Waals surface area contributed by atoms with Crippen LogP contribution in [0.2, 0.25) is 0 Å². The highest BCUT2D eigenvalue weighted by Gasteiger charge is 2.15. The average molecular weight is 320 g/mol. The second-order valence-corrected chi connectivity index (χ2v) is 4.47. The third kappa shape index (κ3) is 4.62. The molecule has 1 rings (SSSR count). The zero-order valence-electron chi connectivity index (χ0n) is 10.2. The molecule has 100 valence electrons. The fourth-order valence-electron chi connectivity index (χ4n) is 1.23. The highest BCUT2D eigenvalue weighted by atomic mass is 79.9. The first kappa shape index (κ1) is 14.9. The van der Waals surface area contributed by atoms with Gasteiger partial charge in [0.1, 0.15) is 11.6 Å². The predicted molar refractivity (Wildman–Crippen MR) is 69.1 cm³/mol. The van der Waals surface area contributed by atoms with Gasteiger partial charge < -0.3 is 14.8 Å². The third-order valence-corrected chi connectivity index (χ3v) is 2.79. The highest BCUT2D eigenvalue weighted by molar-refractivity contribution is 9.10. The Morgan fingerprint density at radius 2 is 2.28 bits per heavy atom. The van der Waals surface area contributed by atoms with E-state index in [-0.39, 0.29) is 11.7 Å². The van der Waals surface area contributed by atoms with Gasteiger partial charge in [-0.2, -0.15) is 0 Å². The van der Waals surface area contributed by atoms with Crippen molar-refractivity contribution in [3.8, 4) is 5.75 Å². The predicted octanol–water partition coefficient (Wildman–Crippen LogP) is 2.12. The largest absolute Gasteiger partial charge is 0.480 e. The SMILES string of the molecule is COCCNC(=O)[C@H](C)Oc1ccc(F)cc1Br. The molecule has 1 aromatic rings. The Morgan fingerprint density at radius 3 is 2.89 bits per heavy atom. The number of methoxy groups -OCH3 is 1. The molecule has 1 N–H and O–H groups in total. The molecule has 0 spiro atoms. The van der Waals surface area contributed by atoms with Gasteiger partial charge in [-0.3, -0.25) is 4.79 Å². The molecule has 0 aliphatic carbocycles. The van der Waals surface area contributed by atoms with E-state index in [1.54, 1.807) is 14.0 Å². The molecule has 1 atom stereocenters. The molecule has 0 saturated heterocycles. The molecule has 4 nitrogen and oxygen atoms in total. The van der Waals surface area contributed by atoms with Crippen LogP contribution in [0, 0.1) is 5.82 Å². The number of carbonyl (C=O) groups excluding carboxylic acids is 1. The molecule has 0 aliphatic heterocycles. The third-order valence-electron chi connectivity index (χ3n) is 2.17. The molecule has 0 radical (unpaired) electrons. The number of amides is 1. The van der Waals surface area contributed by atoms with Gasteiger partial charge in [0.05, 0.1) is 11.1 Å². The first-order valence-corrected chi connectivity index (χ1v) is 6.22. The van der Waals surface area contributed by atoms with Crippen molar-refractivity contribution in [3.05, 3.63) is 28.5 Å². The molecule has 0 bridgehead atoms. The van der Waals surface area contributed by atoms with E-state index in [1.807, 2.05) is 0 Å². The van der Waals surface area contributed by atoms with Crippen molar-refractivity contribution in [3.63, 3.8) is 0 Å². The highest BCUT2D eigenvalue weighted by Crippen LogP contribution is 2.26. The van der Waals surface area contributed by atoms with E-state index < -0.39 is 6.10 Å². The van der Waals surface area contributed by atoms with Crippen LogP contribution in [0.3, 0.4) is 0 Å². The smallest absolute Gasteiger partial charge is 0.260 e. The molecule has 0 aromatic heterocycles. The summed E-state index contributed by atoms with van der Waals surface area (Å²) in [6.07, 6.45) is -0.663. The van der Waals surface area contributed by atoms with Crippen LogP contribution in [-0.2, 0) is 9.53 Å². The maximum absolute atomic E-state index is 12.9. The Kier molecular flexibility index (Phi) is 6.07. The lowest BCUT2D eigenvalue weighted by Gasteiger charge is -2.15. The van der Waals surface area contributed by atoms with Crippen molar-refractivity contribution >= 4 is 21.8 Å². The van der Waals surface area contributed by atoms with E-state index in [0.29, 0.717) is 23.4 Å². The van der Waals surface area contributed by atoms with Gasteiger partial charge in [-0.15, -0.1) is 0 Å². The van der Waals surface area contributed by atoms with Crippen molar-refractivity contribution < 1.29 is 18.7 Å². The van der Waals surface area contributed by atoms with E-state index in [4.69, 9.17) is 9.47 Å². The number of ether oxygens (including phenoxy) is 2. The van der Waals surface area contributed by atoms with Crippen LogP contribution >= 0.6 is 15.9 Å². The Labute approximate surface area is 114 Å². The zero-order chi connectivity index (χ0) is 13.5. The second-order valence-electron chi connectivity index (χ2n) is 3.62. The number of hydrogen-bond donors (Lipinski definition) is 1. The van der Waals surface area contributed by atoms with Gasteiger partial charge in [0.25, 0.3) is 5.91 Å². The summed E-state index contributed by atoms with van der Waals surface area (Å²) >= 11 is 3.17. The number of rotatable bonds is 6. The van der Waals surface area contributed by atoms with Crippen LogP contribution in [0.4, 0.5) is 4.39 Å². The van der Waals surface area contributed by atoms with Crippen LogP contribution < -0.4 is 10.1 Å². The zero-order valence-corrected chi connectivity index (χ0v) is 11.8. The fourth-order valence-corrected chi connectivity index (χ4v) is 1.68. The molecule has 0 unspecified atom stereocenters. The maximum atomic E-state index is 12.9. The normalized spacial score (nSPS) is 12.0. The lowest BCUT2D eigenvalue weighted by atomic mass is 10.3. The Morgan fingerprint density at radius 1 is 1.56 bits per heavy atom. The number of hydrogen-bond acceptors (Lipinski definition) is 3. The minimum Gasteiger partial charge on any atom is -0.480 e. The van der Waals surface area contributed by atoms with Crippen molar-refractivity contribution in [1.29, 1.82) is 0 Å². The summed E-state index contributed by atoms with van der Waals surface area (Å²) in [4.78, 5) is 11.6. The van der Waals surface area contributed by atoms with Crippen molar-refractivity contribution in [2.45, 2.75) is 13.0 Å². The topological polar surface area (TPSA) is 47.6 Å². The van der Waals surface area contributed by atoms with Crippen LogP contribution in [0.1, 0.15) is 6.92 Å². The summed E-state index contributed by atoms with van der Waals surface area (Å²) < 4.78 is 23.6. The molecule has 6 heteroatoms. The lowest BCUT2D eigenvalue weighted by molar-refractivity contribution is -0.127. The number of halogens is 2. The number of benzene rings is 1. The van der Waals surface area contributed by atoms with Gasteiger partial charge in [-0.25, -0.2) is 4.39 Å². The summed E-state index contributed by atoms with van der Waals surface area (Å²) in [6, 6.07) is 4.03. The monoisotopic (exact) mass is 319 g/mol. The van der Waals surface area contributed by atoms with E-state index in [9.17, 15) is 9.18 Å². The maximum Gasteiger partial charge on any atom is 0.260 e. The van der Waals surface area contributed by atoms with Gasteiger partial charge in [-0.05, 0) is 41.1 Å². The molecule has 18 heavy (non-hydrogen) atoms. The number of carbonyl (C=O) groups is 1. The van der Waals surface area contributed by atoms with Crippen molar-refractivity contribution in [2.75, 3.05) is 20.3 Å². The summed E-state index contributed by atoms with van der Waals surface area (Å²) in [6.45, 7) is 2.49. The Balaban J connectivity index is 2.53. The first-order valence-electron chi connectivity index (χ1n) is 5.43. The molecule has 1 aromatic carbocycles. The first-order chi connectivity index (χ1) is 8.54. The molecule has 0 saturated carbocycles. The van der Waals surface area contributed by atoms with Gasteiger partial charge in [0.2, 0.25) is 0 Å². The minimum absolute atomic E-state index is 0.247. The number of nitrogens with one attached hydrogen (secondary N) is 1. The molecule has 0 fully saturated rings. The van der Waals surface area contributed by atoms with Crippen LogP contribution in [0.5, 0.6) is 5.75 Å². The van der Waals surface area contributed by atoms with Crippen LogP contribution in [-0.4, -0.2) is 32.3 Å².